The van der Waals surface area contributed by atoms with E-state index in [1.54, 1.807) is 48.5 Å². The number of hydrogen-bond donors (Lipinski definition) is 0. The third kappa shape index (κ3) is 17.0. The highest BCUT2D eigenvalue weighted by Gasteiger charge is 2.34. The van der Waals surface area contributed by atoms with E-state index < -0.39 is 48.4 Å². The van der Waals surface area contributed by atoms with E-state index in [1.807, 2.05) is 0 Å². The lowest BCUT2D eigenvalue weighted by atomic mass is 10.2. The maximum absolute atomic E-state index is 13.0. The lowest BCUT2D eigenvalue weighted by Crippen LogP contribution is -2.44. The van der Waals surface area contributed by atoms with Gasteiger partial charge >= 0.3 is 35.8 Å². The molecule has 348 valence electrons. The quantitative estimate of drug-likeness (QED) is 0.0192. The summed E-state index contributed by atoms with van der Waals surface area (Å²) < 4.78 is 54.4. The average molecular weight is 909 g/mol. The topological polar surface area (TPSA) is 195 Å². The van der Waals surface area contributed by atoms with Gasteiger partial charge in [-0.15, -0.1) is 0 Å². The minimum Gasteiger partial charge on any atom is -0.494 e. The molecule has 16 heteroatoms. The molecule has 5 rings (SSSR count). The van der Waals surface area contributed by atoms with Crippen molar-refractivity contribution in [3.05, 3.63) is 145 Å². The highest BCUT2D eigenvalue weighted by Crippen LogP contribution is 2.22. The monoisotopic (exact) mass is 908 g/mol. The molecule has 0 aliphatic carbocycles. The summed E-state index contributed by atoms with van der Waals surface area (Å²) in [5, 5.41) is 0. The van der Waals surface area contributed by atoms with E-state index in [0.29, 0.717) is 49.1 Å². The molecule has 0 unspecified atom stereocenters. The summed E-state index contributed by atoms with van der Waals surface area (Å²) in [6, 6.07) is 24.4. The molecule has 66 heavy (non-hydrogen) atoms. The van der Waals surface area contributed by atoms with Crippen LogP contribution in [0.25, 0.3) is 0 Å². The Bertz CT molecular complexity index is 2060. The van der Waals surface area contributed by atoms with E-state index in [1.165, 1.54) is 48.5 Å². The van der Waals surface area contributed by atoms with Crippen molar-refractivity contribution >= 4 is 35.8 Å². The predicted octanol–water partition coefficient (Wildman–Crippen LogP) is 8.17. The second kappa shape index (κ2) is 27.1. The molecule has 1 aliphatic heterocycles. The van der Waals surface area contributed by atoms with Crippen molar-refractivity contribution in [3.8, 4) is 23.0 Å². The second-order valence-electron chi connectivity index (χ2n) is 14.4. The van der Waals surface area contributed by atoms with Crippen LogP contribution >= 0.6 is 0 Å². The van der Waals surface area contributed by atoms with Gasteiger partial charge in [-0.2, -0.15) is 0 Å². The van der Waals surface area contributed by atoms with Gasteiger partial charge in [-0.25, -0.2) is 28.8 Å². The first-order valence-corrected chi connectivity index (χ1v) is 21.5. The minimum atomic E-state index is -1.38. The number of ether oxygens (including phenoxy) is 10. The molecule has 2 atom stereocenters. The van der Waals surface area contributed by atoms with Gasteiger partial charge in [0.2, 0.25) is 0 Å². The zero-order valence-corrected chi connectivity index (χ0v) is 36.4. The van der Waals surface area contributed by atoms with Crippen LogP contribution in [0.5, 0.6) is 23.0 Å². The van der Waals surface area contributed by atoms with E-state index in [0.717, 1.165) is 63.5 Å². The minimum absolute atomic E-state index is 0.0704. The largest absolute Gasteiger partial charge is 0.494 e. The van der Waals surface area contributed by atoms with E-state index in [-0.39, 0.29) is 35.8 Å². The molecule has 0 radical (unpaired) electrons. The van der Waals surface area contributed by atoms with E-state index in [4.69, 9.17) is 47.4 Å². The molecule has 0 bridgehead atoms. The van der Waals surface area contributed by atoms with Gasteiger partial charge in [0.05, 0.1) is 61.9 Å². The first-order chi connectivity index (χ1) is 32.1. The summed E-state index contributed by atoms with van der Waals surface area (Å²) >= 11 is 0. The molecule has 16 nitrogen and oxygen atoms in total. The smallest absolute Gasteiger partial charge is 0.343 e. The number of carbonyl (C=O) groups excluding carboxylic acids is 6. The molecule has 0 aromatic heterocycles. The molecule has 0 saturated carbocycles. The molecule has 0 amide bonds. The fourth-order valence-electron chi connectivity index (χ4n) is 6.00. The van der Waals surface area contributed by atoms with Crippen molar-refractivity contribution in [1.82, 2.24) is 0 Å². The highest BCUT2D eigenvalue weighted by atomic mass is 16.8. The molecule has 1 saturated heterocycles. The Labute approximate surface area is 382 Å². The van der Waals surface area contributed by atoms with Crippen LogP contribution in [-0.2, 0) is 38.0 Å². The van der Waals surface area contributed by atoms with Crippen molar-refractivity contribution in [2.45, 2.75) is 63.9 Å². The molecule has 0 spiro atoms. The van der Waals surface area contributed by atoms with Crippen LogP contribution in [-0.4, -0.2) is 88.0 Å². The van der Waals surface area contributed by atoms with E-state index >= 15 is 0 Å². The molecule has 1 aliphatic rings. The maximum Gasteiger partial charge on any atom is 0.343 e. The van der Waals surface area contributed by atoms with Crippen molar-refractivity contribution in [2.75, 3.05) is 39.6 Å². The summed E-state index contributed by atoms with van der Waals surface area (Å²) in [6.07, 6.45) is 6.27. The van der Waals surface area contributed by atoms with E-state index in [9.17, 15) is 28.8 Å². The summed E-state index contributed by atoms with van der Waals surface area (Å²) in [5.74, 6) is -2.13. The van der Waals surface area contributed by atoms with Gasteiger partial charge in [0.25, 0.3) is 12.6 Å². The molecule has 4 aromatic carbocycles. The highest BCUT2D eigenvalue weighted by molar-refractivity contribution is 5.93. The standard InChI is InChI=1S/C50H52O16/c1-3-43(51)59-31-11-7-5-9-29-57-39-21-13-35(14-22-39)45(53)63-41-25-17-37(18-26-41)47(55)65-49-50(62-34-33-61-49)66-48(56)38-19-27-42(28-20-38)64-46(54)36-15-23-40(24-16-36)58-30-10-6-8-12-32-60-44(52)4-2/h3-4,13-28,49-50H,1-2,5-12,29-34H2/t49-,50-/m1/s1. The fourth-order valence-corrected chi connectivity index (χ4v) is 6.00. The average Bonchev–Trinajstić information content (AvgIpc) is 3.34. The molecule has 0 N–H and O–H groups in total. The Morgan fingerprint density at radius 2 is 0.727 bits per heavy atom. The van der Waals surface area contributed by atoms with Crippen molar-refractivity contribution in [1.29, 1.82) is 0 Å². The van der Waals surface area contributed by atoms with E-state index in [2.05, 4.69) is 13.2 Å². The van der Waals surface area contributed by atoms with Crippen LogP contribution < -0.4 is 18.9 Å². The van der Waals surface area contributed by atoms with Gasteiger partial charge in [-0.1, -0.05) is 13.2 Å². The molecular weight excluding hydrogens is 857 g/mol. The SMILES string of the molecule is C=CC(=O)OCCCCCCOc1ccc(C(=O)Oc2ccc(C(=O)O[C@H]3OCCO[C@@H]3OC(=O)c3ccc(OC(=O)c4ccc(OCCCCCCOC(=O)C=C)cc4)cc3)cc2)cc1. The summed E-state index contributed by atoms with van der Waals surface area (Å²) in [5.41, 5.74) is 0.794. The van der Waals surface area contributed by atoms with Gasteiger partial charge in [0.15, 0.2) is 0 Å². The summed E-state index contributed by atoms with van der Waals surface area (Å²) in [7, 11) is 0. The Hall–Kier alpha value is -7.30. The van der Waals surface area contributed by atoms with Crippen LogP contribution in [0.3, 0.4) is 0 Å². The number of rotatable bonds is 26. The van der Waals surface area contributed by atoms with Gasteiger partial charge in [-0.3, -0.25) is 0 Å². The van der Waals surface area contributed by atoms with Crippen LogP contribution in [0.4, 0.5) is 0 Å². The fraction of sp³-hybridized carbons (Fsp3) is 0.320. The zero-order chi connectivity index (χ0) is 46.9. The molecule has 1 heterocycles. The van der Waals surface area contributed by atoms with Crippen molar-refractivity contribution in [2.24, 2.45) is 0 Å². The third-order valence-electron chi connectivity index (χ3n) is 9.53. The van der Waals surface area contributed by atoms with Gasteiger partial charge < -0.3 is 47.4 Å². The Morgan fingerprint density at radius 3 is 1.06 bits per heavy atom. The number of benzene rings is 4. The van der Waals surface area contributed by atoms with Crippen LogP contribution in [0, 0.1) is 0 Å². The summed E-state index contributed by atoms with van der Waals surface area (Å²) in [4.78, 5) is 73.8. The lowest BCUT2D eigenvalue weighted by molar-refractivity contribution is -0.288. The Balaban J connectivity index is 1.000. The molecule has 4 aromatic rings. The Morgan fingerprint density at radius 1 is 0.424 bits per heavy atom. The first kappa shape index (κ1) is 49.7. The van der Waals surface area contributed by atoms with Gasteiger partial charge in [0, 0.05) is 12.2 Å². The zero-order valence-electron chi connectivity index (χ0n) is 36.4. The number of unbranched alkanes of at least 4 members (excludes halogenated alkanes) is 6. The third-order valence-corrected chi connectivity index (χ3v) is 9.53. The predicted molar refractivity (Wildman–Crippen MR) is 236 cm³/mol. The maximum atomic E-state index is 13.0. The van der Waals surface area contributed by atoms with Crippen LogP contribution in [0.15, 0.2) is 122 Å². The van der Waals surface area contributed by atoms with Crippen molar-refractivity contribution < 1.29 is 76.1 Å². The van der Waals surface area contributed by atoms with Gasteiger partial charge in [-0.05, 0) is 148 Å². The van der Waals surface area contributed by atoms with Crippen molar-refractivity contribution in [3.63, 3.8) is 0 Å². The Kier molecular flexibility index (Phi) is 20.4. The summed E-state index contributed by atoms with van der Waals surface area (Å²) in [6.45, 7) is 8.56. The first-order valence-electron chi connectivity index (χ1n) is 21.5. The van der Waals surface area contributed by atoms with Crippen LogP contribution in [0.1, 0.15) is 92.8 Å². The van der Waals surface area contributed by atoms with Crippen LogP contribution in [0.2, 0.25) is 0 Å². The number of carbonyl (C=O) groups is 6. The second-order valence-corrected chi connectivity index (χ2v) is 14.4. The number of hydrogen-bond acceptors (Lipinski definition) is 16. The lowest BCUT2D eigenvalue weighted by Gasteiger charge is -2.30. The molecular formula is C50H52O16. The molecule has 1 fully saturated rings. The number of esters is 6. The van der Waals surface area contributed by atoms with Gasteiger partial charge in [0.1, 0.15) is 23.0 Å². The normalized spacial score (nSPS) is 14.1.